The number of carbonyl (C=O) groups is 3. The standard InChI is InChI=1S/C22H23N3O3/c1-14(25-21(27)17-9-2-3-10-18(17)22(25)28)20(26)24-13-11-16-7-4-6-15-8-5-12-23-19(15)16/h2-8,12,14,17-18H,9-11,13H2,1H3,(H,24,26). The maximum absolute atomic E-state index is 12.6. The van der Waals surface area contributed by atoms with Crippen molar-refractivity contribution in [2.24, 2.45) is 11.8 Å². The molecule has 1 aliphatic heterocycles. The molecule has 144 valence electrons. The first-order valence-corrected chi connectivity index (χ1v) is 9.70. The van der Waals surface area contributed by atoms with Crippen molar-refractivity contribution in [2.45, 2.75) is 32.2 Å². The fourth-order valence-electron chi connectivity index (χ4n) is 4.16. The molecule has 4 rings (SSSR count). The van der Waals surface area contributed by atoms with Crippen molar-refractivity contribution < 1.29 is 14.4 Å². The molecule has 2 heterocycles. The molecule has 2 aliphatic rings. The normalized spacial score (nSPS) is 22.4. The van der Waals surface area contributed by atoms with E-state index in [1.807, 2.05) is 42.5 Å². The predicted octanol–water partition coefficient (Wildman–Crippen LogP) is 2.23. The van der Waals surface area contributed by atoms with Gasteiger partial charge in [0, 0.05) is 18.1 Å². The third kappa shape index (κ3) is 3.19. The van der Waals surface area contributed by atoms with Gasteiger partial charge in [-0.3, -0.25) is 24.3 Å². The monoisotopic (exact) mass is 377 g/mol. The number of hydrogen-bond donors (Lipinski definition) is 1. The van der Waals surface area contributed by atoms with Gasteiger partial charge in [-0.15, -0.1) is 0 Å². The molecule has 6 nitrogen and oxygen atoms in total. The lowest BCUT2D eigenvalue weighted by atomic mass is 9.85. The second-order valence-corrected chi connectivity index (χ2v) is 7.41. The fourth-order valence-corrected chi connectivity index (χ4v) is 4.16. The Bertz CT molecular complexity index is 937. The van der Waals surface area contributed by atoms with Crippen LogP contribution < -0.4 is 5.32 Å². The molecule has 3 unspecified atom stereocenters. The van der Waals surface area contributed by atoms with Gasteiger partial charge in [0.05, 0.1) is 17.4 Å². The maximum Gasteiger partial charge on any atom is 0.243 e. The summed E-state index contributed by atoms with van der Waals surface area (Å²) in [6.45, 7) is 2.04. The number of aromatic nitrogens is 1. The van der Waals surface area contributed by atoms with Gasteiger partial charge < -0.3 is 5.32 Å². The Labute approximate surface area is 163 Å². The summed E-state index contributed by atoms with van der Waals surface area (Å²) < 4.78 is 0. The Balaban J connectivity index is 1.39. The average Bonchev–Trinajstić information content (AvgIpc) is 2.98. The highest BCUT2D eigenvalue weighted by molar-refractivity contribution is 6.08. The highest BCUT2D eigenvalue weighted by Crippen LogP contribution is 2.36. The first kappa shape index (κ1) is 18.3. The van der Waals surface area contributed by atoms with E-state index in [1.54, 1.807) is 13.1 Å². The van der Waals surface area contributed by atoms with Crippen molar-refractivity contribution in [2.75, 3.05) is 6.54 Å². The van der Waals surface area contributed by atoms with Gasteiger partial charge in [-0.25, -0.2) is 0 Å². The van der Waals surface area contributed by atoms with Crippen LogP contribution in [0.1, 0.15) is 25.3 Å². The molecule has 28 heavy (non-hydrogen) atoms. The summed E-state index contributed by atoms with van der Waals surface area (Å²) >= 11 is 0. The van der Waals surface area contributed by atoms with Crippen LogP contribution >= 0.6 is 0 Å². The highest BCUT2D eigenvalue weighted by atomic mass is 16.2. The number of rotatable bonds is 5. The molecule has 1 aromatic carbocycles. The number of nitrogens with zero attached hydrogens (tertiary/aromatic N) is 2. The van der Waals surface area contributed by atoms with Gasteiger partial charge in [-0.2, -0.15) is 0 Å². The van der Waals surface area contributed by atoms with E-state index in [9.17, 15) is 14.4 Å². The van der Waals surface area contributed by atoms with Crippen LogP contribution in [-0.4, -0.2) is 40.2 Å². The van der Waals surface area contributed by atoms with Gasteiger partial charge in [0.15, 0.2) is 0 Å². The van der Waals surface area contributed by atoms with E-state index in [0.29, 0.717) is 25.8 Å². The number of likely N-dealkylation sites (tertiary alicyclic amines) is 1. The minimum atomic E-state index is -0.795. The summed E-state index contributed by atoms with van der Waals surface area (Å²) in [5, 5.41) is 3.93. The molecule has 1 aliphatic carbocycles. The largest absolute Gasteiger partial charge is 0.354 e. The molecule has 0 spiro atoms. The Morgan fingerprint density at radius 2 is 1.82 bits per heavy atom. The van der Waals surface area contributed by atoms with Crippen molar-refractivity contribution >= 4 is 28.6 Å². The van der Waals surface area contributed by atoms with Crippen molar-refractivity contribution in [1.82, 2.24) is 15.2 Å². The first-order valence-electron chi connectivity index (χ1n) is 9.70. The van der Waals surface area contributed by atoms with Gasteiger partial charge >= 0.3 is 0 Å². The first-order chi connectivity index (χ1) is 13.6. The molecule has 1 aromatic heterocycles. The molecule has 3 amide bonds. The maximum atomic E-state index is 12.6. The van der Waals surface area contributed by atoms with E-state index in [4.69, 9.17) is 0 Å². The zero-order chi connectivity index (χ0) is 19.7. The molecule has 0 radical (unpaired) electrons. The van der Waals surface area contributed by atoms with Crippen molar-refractivity contribution in [3.05, 3.63) is 54.2 Å². The van der Waals surface area contributed by atoms with Crippen LogP contribution in [0.3, 0.4) is 0 Å². The van der Waals surface area contributed by atoms with Crippen molar-refractivity contribution in [3.8, 4) is 0 Å². The fraction of sp³-hybridized carbons (Fsp3) is 0.364. The molecule has 0 bridgehead atoms. The van der Waals surface area contributed by atoms with E-state index in [2.05, 4.69) is 10.3 Å². The number of para-hydroxylation sites is 1. The summed E-state index contributed by atoms with van der Waals surface area (Å²) in [4.78, 5) is 43.4. The second kappa shape index (κ2) is 7.54. The topological polar surface area (TPSA) is 79.4 Å². The average molecular weight is 377 g/mol. The summed E-state index contributed by atoms with van der Waals surface area (Å²) in [5.41, 5.74) is 1.98. The molecule has 1 N–H and O–H groups in total. The van der Waals surface area contributed by atoms with E-state index in [0.717, 1.165) is 21.4 Å². The predicted molar refractivity (Wildman–Crippen MR) is 105 cm³/mol. The molecule has 3 atom stereocenters. The number of imide groups is 1. The van der Waals surface area contributed by atoms with E-state index >= 15 is 0 Å². The van der Waals surface area contributed by atoms with E-state index < -0.39 is 6.04 Å². The third-order valence-electron chi connectivity index (χ3n) is 5.72. The Kier molecular flexibility index (Phi) is 4.94. The number of hydrogen-bond acceptors (Lipinski definition) is 4. The Morgan fingerprint density at radius 3 is 2.54 bits per heavy atom. The van der Waals surface area contributed by atoms with Gasteiger partial charge in [-0.05, 0) is 37.8 Å². The molecular formula is C22H23N3O3. The smallest absolute Gasteiger partial charge is 0.243 e. The van der Waals surface area contributed by atoms with Crippen LogP contribution in [0.4, 0.5) is 0 Å². The third-order valence-corrected chi connectivity index (χ3v) is 5.72. The lowest BCUT2D eigenvalue weighted by Gasteiger charge is -2.22. The molecule has 6 heteroatoms. The van der Waals surface area contributed by atoms with Crippen LogP contribution in [0.2, 0.25) is 0 Å². The van der Waals surface area contributed by atoms with Crippen molar-refractivity contribution in [3.63, 3.8) is 0 Å². The summed E-state index contributed by atoms with van der Waals surface area (Å²) in [5.74, 6) is -1.37. The summed E-state index contributed by atoms with van der Waals surface area (Å²) in [6.07, 6.45) is 7.43. The van der Waals surface area contributed by atoms with Gasteiger partial charge in [0.2, 0.25) is 17.7 Å². The molecule has 1 fully saturated rings. The highest BCUT2D eigenvalue weighted by Gasteiger charge is 2.49. The number of pyridine rings is 1. The molecule has 0 saturated carbocycles. The van der Waals surface area contributed by atoms with Gasteiger partial charge in [-0.1, -0.05) is 36.4 Å². The molecule has 1 saturated heterocycles. The number of benzene rings is 1. The summed E-state index contributed by atoms with van der Waals surface area (Å²) in [7, 11) is 0. The minimum Gasteiger partial charge on any atom is -0.354 e. The van der Waals surface area contributed by atoms with Gasteiger partial charge in [0.25, 0.3) is 0 Å². The summed E-state index contributed by atoms with van der Waals surface area (Å²) in [6, 6.07) is 9.08. The van der Waals surface area contributed by atoms with Crippen LogP contribution in [0, 0.1) is 11.8 Å². The Hall–Kier alpha value is -3.02. The van der Waals surface area contributed by atoms with Crippen LogP contribution in [-0.2, 0) is 20.8 Å². The SMILES string of the molecule is CC(C(=O)NCCc1cccc2cccnc12)N1C(=O)C2CC=CCC2C1=O. The number of nitrogens with one attached hydrogen (secondary N) is 1. The number of carbonyl (C=O) groups excluding carboxylic acids is 3. The molecular weight excluding hydrogens is 354 g/mol. The minimum absolute atomic E-state index is 0.222. The Morgan fingerprint density at radius 1 is 1.14 bits per heavy atom. The second-order valence-electron chi connectivity index (χ2n) is 7.41. The van der Waals surface area contributed by atoms with Gasteiger partial charge in [0.1, 0.15) is 6.04 Å². The van der Waals surface area contributed by atoms with Crippen molar-refractivity contribution in [1.29, 1.82) is 0 Å². The van der Waals surface area contributed by atoms with E-state index in [-0.39, 0.29) is 29.6 Å². The lowest BCUT2D eigenvalue weighted by Crippen LogP contribution is -2.48. The quantitative estimate of drug-likeness (QED) is 0.640. The van der Waals surface area contributed by atoms with E-state index in [1.165, 1.54) is 0 Å². The molecule has 2 aromatic rings. The zero-order valence-electron chi connectivity index (χ0n) is 15.8. The lowest BCUT2D eigenvalue weighted by molar-refractivity contribution is -0.147. The van der Waals surface area contributed by atoms with Crippen LogP contribution in [0.5, 0.6) is 0 Å². The van der Waals surface area contributed by atoms with Crippen LogP contribution in [0.25, 0.3) is 10.9 Å². The van der Waals surface area contributed by atoms with Crippen LogP contribution in [0.15, 0.2) is 48.7 Å². The number of amides is 3. The zero-order valence-corrected chi connectivity index (χ0v) is 15.8. The number of fused-ring (bicyclic) bond motifs is 2. The number of allylic oxidation sites excluding steroid dienone is 2.